The lowest BCUT2D eigenvalue weighted by atomic mass is 9.83. The maximum absolute atomic E-state index is 12.4. The van der Waals surface area contributed by atoms with Crippen molar-refractivity contribution in [1.29, 1.82) is 0 Å². The summed E-state index contributed by atoms with van der Waals surface area (Å²) >= 11 is 0. The Labute approximate surface area is 134 Å². The summed E-state index contributed by atoms with van der Waals surface area (Å²) in [5.41, 5.74) is 0.455. The molecule has 22 heavy (non-hydrogen) atoms. The zero-order valence-electron chi connectivity index (χ0n) is 14.6. The van der Waals surface area contributed by atoms with Crippen LogP contribution in [-0.4, -0.2) is 44.1 Å². The van der Waals surface area contributed by atoms with Gasteiger partial charge in [-0.2, -0.15) is 0 Å². The Balaban J connectivity index is 2.51. The van der Waals surface area contributed by atoms with Gasteiger partial charge in [-0.25, -0.2) is 0 Å². The lowest BCUT2D eigenvalue weighted by molar-refractivity contribution is -0.125. The van der Waals surface area contributed by atoms with E-state index in [2.05, 4.69) is 24.1 Å². The van der Waals surface area contributed by atoms with Crippen LogP contribution in [0.5, 0.6) is 5.75 Å². The smallest absolute Gasteiger partial charge is 0.230 e. The Kier molecular flexibility index (Phi) is 7.39. The molecule has 0 atom stereocenters. The monoisotopic (exact) mass is 306 g/mol. The molecule has 0 radical (unpaired) electrons. The molecule has 4 heteroatoms. The fourth-order valence-corrected chi connectivity index (χ4v) is 2.40. The molecule has 1 aromatic rings. The Bertz CT molecular complexity index is 451. The topological polar surface area (TPSA) is 41.6 Å². The normalized spacial score (nSPS) is 11.5. The second kappa shape index (κ2) is 8.79. The van der Waals surface area contributed by atoms with Crippen LogP contribution in [0.2, 0.25) is 0 Å². The average Bonchev–Trinajstić information content (AvgIpc) is 2.54. The number of carbonyl (C=O) groups is 1. The van der Waals surface area contributed by atoms with Crippen molar-refractivity contribution in [3.8, 4) is 5.75 Å². The predicted molar refractivity (Wildman–Crippen MR) is 91.4 cm³/mol. The van der Waals surface area contributed by atoms with Gasteiger partial charge in [0.05, 0.1) is 12.5 Å². The fraction of sp³-hybridized carbons (Fsp3) is 0.611. The van der Waals surface area contributed by atoms with Crippen LogP contribution in [0.15, 0.2) is 24.3 Å². The molecule has 1 rings (SSSR count). The van der Waals surface area contributed by atoms with Crippen LogP contribution in [0.25, 0.3) is 0 Å². The van der Waals surface area contributed by atoms with Gasteiger partial charge in [0.1, 0.15) is 5.75 Å². The first kappa shape index (κ1) is 18.5. The zero-order chi connectivity index (χ0) is 16.6. The molecule has 0 aliphatic rings. The van der Waals surface area contributed by atoms with Crippen LogP contribution in [0.1, 0.15) is 39.7 Å². The Morgan fingerprint density at radius 1 is 1.18 bits per heavy atom. The number of methoxy groups -OCH3 is 1. The van der Waals surface area contributed by atoms with Crippen molar-refractivity contribution >= 4 is 5.91 Å². The van der Waals surface area contributed by atoms with Crippen LogP contribution in [0, 0.1) is 0 Å². The third kappa shape index (κ3) is 5.02. The fourth-order valence-electron chi connectivity index (χ4n) is 2.40. The number of hydrogen-bond donors (Lipinski definition) is 1. The Hall–Kier alpha value is -1.55. The van der Waals surface area contributed by atoms with Crippen molar-refractivity contribution in [3.05, 3.63) is 29.8 Å². The van der Waals surface area contributed by atoms with Gasteiger partial charge in [0.15, 0.2) is 0 Å². The van der Waals surface area contributed by atoms with Gasteiger partial charge < -0.3 is 15.0 Å². The summed E-state index contributed by atoms with van der Waals surface area (Å²) < 4.78 is 5.16. The first-order chi connectivity index (χ1) is 10.5. The maximum Gasteiger partial charge on any atom is 0.230 e. The number of carbonyl (C=O) groups excluding carboxylic acids is 1. The number of nitrogens with zero attached hydrogens (tertiary/aromatic N) is 1. The second-order valence-corrected chi connectivity index (χ2v) is 5.99. The summed E-state index contributed by atoms with van der Waals surface area (Å²) in [6.45, 7) is 12.1. The summed E-state index contributed by atoms with van der Waals surface area (Å²) in [5.74, 6) is 0.872. The van der Waals surface area contributed by atoms with Gasteiger partial charge in [-0.3, -0.25) is 4.79 Å². The van der Waals surface area contributed by atoms with E-state index in [1.165, 1.54) is 0 Å². The lowest BCUT2D eigenvalue weighted by Gasteiger charge is -2.25. The van der Waals surface area contributed by atoms with Gasteiger partial charge in [-0.05, 0) is 57.6 Å². The van der Waals surface area contributed by atoms with E-state index in [1.54, 1.807) is 7.11 Å². The quantitative estimate of drug-likeness (QED) is 0.713. The summed E-state index contributed by atoms with van der Waals surface area (Å²) in [6.07, 6.45) is 0.978. The number of nitrogens with one attached hydrogen (secondary N) is 1. The van der Waals surface area contributed by atoms with E-state index in [1.807, 2.05) is 38.1 Å². The number of benzene rings is 1. The van der Waals surface area contributed by atoms with Crippen molar-refractivity contribution < 1.29 is 9.53 Å². The minimum Gasteiger partial charge on any atom is -0.497 e. The standard InChI is InChI=1S/C18H30N2O2/c1-6-20(7-2)14-8-13-19-17(21)18(3,4)15-9-11-16(22-5)12-10-15/h9-12H,6-8,13-14H2,1-5H3,(H,19,21). The van der Waals surface area contributed by atoms with Gasteiger partial charge in [0, 0.05) is 6.54 Å². The summed E-state index contributed by atoms with van der Waals surface area (Å²) in [6, 6.07) is 7.69. The minimum absolute atomic E-state index is 0.0669. The first-order valence-corrected chi connectivity index (χ1v) is 8.10. The third-order valence-corrected chi connectivity index (χ3v) is 4.21. The molecule has 0 aromatic heterocycles. The number of hydrogen-bond acceptors (Lipinski definition) is 3. The highest BCUT2D eigenvalue weighted by molar-refractivity contribution is 5.87. The molecule has 1 N–H and O–H groups in total. The molecular formula is C18H30N2O2. The molecule has 1 amide bonds. The number of amides is 1. The molecule has 0 spiro atoms. The van der Waals surface area contributed by atoms with Gasteiger partial charge in [0.25, 0.3) is 0 Å². The summed E-state index contributed by atoms with van der Waals surface area (Å²) in [7, 11) is 1.64. The van der Waals surface area contributed by atoms with E-state index in [9.17, 15) is 4.79 Å². The number of rotatable bonds is 9. The van der Waals surface area contributed by atoms with Gasteiger partial charge in [0.2, 0.25) is 5.91 Å². The van der Waals surface area contributed by atoms with Crippen LogP contribution in [0.4, 0.5) is 0 Å². The van der Waals surface area contributed by atoms with Crippen LogP contribution in [0.3, 0.4) is 0 Å². The van der Waals surface area contributed by atoms with Crippen LogP contribution >= 0.6 is 0 Å². The molecule has 0 aliphatic heterocycles. The highest BCUT2D eigenvalue weighted by Gasteiger charge is 2.29. The molecule has 0 bridgehead atoms. The first-order valence-electron chi connectivity index (χ1n) is 8.10. The van der Waals surface area contributed by atoms with Crippen LogP contribution in [-0.2, 0) is 10.2 Å². The van der Waals surface area contributed by atoms with Gasteiger partial charge >= 0.3 is 0 Å². The van der Waals surface area contributed by atoms with Crippen molar-refractivity contribution in [3.63, 3.8) is 0 Å². The second-order valence-electron chi connectivity index (χ2n) is 5.99. The van der Waals surface area contributed by atoms with E-state index in [4.69, 9.17) is 4.74 Å². The largest absolute Gasteiger partial charge is 0.497 e. The van der Waals surface area contributed by atoms with Crippen molar-refractivity contribution in [1.82, 2.24) is 10.2 Å². The summed E-state index contributed by atoms with van der Waals surface area (Å²) in [5, 5.41) is 3.06. The van der Waals surface area contributed by atoms with Crippen molar-refractivity contribution in [2.45, 2.75) is 39.5 Å². The Morgan fingerprint density at radius 3 is 2.27 bits per heavy atom. The highest BCUT2D eigenvalue weighted by atomic mass is 16.5. The van der Waals surface area contributed by atoms with E-state index < -0.39 is 5.41 Å². The SMILES string of the molecule is CCN(CC)CCCNC(=O)C(C)(C)c1ccc(OC)cc1. The van der Waals surface area contributed by atoms with Crippen LogP contribution < -0.4 is 10.1 Å². The molecule has 0 saturated heterocycles. The molecule has 0 heterocycles. The molecule has 4 nitrogen and oxygen atoms in total. The van der Waals surface area contributed by atoms with Crippen molar-refractivity contribution in [2.75, 3.05) is 33.3 Å². The summed E-state index contributed by atoms with van der Waals surface area (Å²) in [4.78, 5) is 14.8. The molecule has 0 aliphatic carbocycles. The highest BCUT2D eigenvalue weighted by Crippen LogP contribution is 2.25. The number of ether oxygens (including phenoxy) is 1. The molecular weight excluding hydrogens is 276 g/mol. The van der Waals surface area contributed by atoms with E-state index in [-0.39, 0.29) is 5.91 Å². The molecule has 0 unspecified atom stereocenters. The zero-order valence-corrected chi connectivity index (χ0v) is 14.6. The molecule has 0 saturated carbocycles. The molecule has 124 valence electrons. The lowest BCUT2D eigenvalue weighted by Crippen LogP contribution is -2.41. The predicted octanol–water partition coefficient (Wildman–Crippen LogP) is 2.82. The average molecular weight is 306 g/mol. The molecule has 1 aromatic carbocycles. The van der Waals surface area contributed by atoms with Gasteiger partial charge in [-0.1, -0.05) is 26.0 Å². The maximum atomic E-state index is 12.4. The van der Waals surface area contributed by atoms with E-state index in [0.717, 1.165) is 43.9 Å². The third-order valence-electron chi connectivity index (χ3n) is 4.21. The minimum atomic E-state index is -0.540. The van der Waals surface area contributed by atoms with Gasteiger partial charge in [-0.15, -0.1) is 0 Å². The van der Waals surface area contributed by atoms with E-state index >= 15 is 0 Å². The molecule has 0 fully saturated rings. The van der Waals surface area contributed by atoms with Crippen molar-refractivity contribution in [2.24, 2.45) is 0 Å². The Morgan fingerprint density at radius 2 is 1.77 bits per heavy atom. The van der Waals surface area contributed by atoms with E-state index in [0.29, 0.717) is 0 Å².